The maximum Gasteiger partial charge on any atom is 0.225 e. The van der Waals surface area contributed by atoms with Crippen molar-refractivity contribution in [3.63, 3.8) is 0 Å². The molecule has 5 aromatic rings. The number of aromatic amines is 2. The summed E-state index contributed by atoms with van der Waals surface area (Å²) in [6, 6.07) is 18.5. The highest BCUT2D eigenvalue weighted by Crippen LogP contribution is 2.31. The van der Waals surface area contributed by atoms with Gasteiger partial charge in [-0.25, -0.2) is 9.37 Å². The maximum atomic E-state index is 14.8. The lowest BCUT2D eigenvalue weighted by molar-refractivity contribution is 0.538. The molecule has 0 saturated carbocycles. The molecule has 0 radical (unpaired) electrons. The van der Waals surface area contributed by atoms with Crippen LogP contribution in [-0.2, 0) is 0 Å². The molecule has 3 aromatic carbocycles. The second-order valence-corrected chi connectivity index (χ2v) is 10.2. The largest absolute Gasteiger partial charge is 0.354 e. The Morgan fingerprint density at radius 3 is 2.22 bits per heavy atom. The lowest BCUT2D eigenvalue weighted by Gasteiger charge is -2.13. The van der Waals surface area contributed by atoms with Gasteiger partial charge in [0.2, 0.25) is 5.43 Å². The molecule has 2 aliphatic rings. The van der Waals surface area contributed by atoms with Crippen LogP contribution in [0.15, 0.2) is 65.6 Å². The molecule has 0 amide bonds. The topological polar surface area (TPSA) is 85.6 Å². The van der Waals surface area contributed by atoms with Crippen molar-refractivity contribution in [2.24, 2.45) is 0 Å². The minimum absolute atomic E-state index is 0.143. The van der Waals surface area contributed by atoms with Gasteiger partial charge in [0.05, 0.1) is 35.2 Å². The van der Waals surface area contributed by atoms with Crippen LogP contribution in [0.3, 0.4) is 0 Å². The van der Waals surface area contributed by atoms with Crippen LogP contribution in [0.1, 0.15) is 49.3 Å². The monoisotopic (exact) mass is 493 g/mol. The van der Waals surface area contributed by atoms with Crippen molar-refractivity contribution in [3.05, 3.63) is 88.4 Å². The van der Waals surface area contributed by atoms with Crippen molar-refractivity contribution in [3.8, 4) is 22.4 Å². The fourth-order valence-electron chi connectivity index (χ4n) is 5.81. The van der Waals surface area contributed by atoms with E-state index in [0.717, 1.165) is 71.3 Å². The van der Waals surface area contributed by atoms with E-state index in [9.17, 15) is 9.18 Å². The van der Waals surface area contributed by atoms with E-state index in [-0.39, 0.29) is 6.04 Å². The summed E-state index contributed by atoms with van der Waals surface area (Å²) < 4.78 is 14.8. The highest BCUT2D eigenvalue weighted by Gasteiger charge is 2.23. The minimum atomic E-state index is -0.676. The Balaban J connectivity index is 1.22. The summed E-state index contributed by atoms with van der Waals surface area (Å²) in [5.74, 6) is 0.328. The molecule has 2 saturated heterocycles. The van der Waals surface area contributed by atoms with Crippen LogP contribution < -0.4 is 16.1 Å². The molecule has 6 nitrogen and oxygen atoms in total. The van der Waals surface area contributed by atoms with Gasteiger partial charge in [0.15, 0.2) is 5.82 Å². The van der Waals surface area contributed by atoms with E-state index in [1.165, 1.54) is 6.42 Å². The first kappa shape index (κ1) is 22.4. The first-order valence-corrected chi connectivity index (χ1v) is 13.1. The number of imidazole rings is 1. The molecule has 1 unspecified atom stereocenters. The Morgan fingerprint density at radius 1 is 0.784 bits per heavy atom. The molecular weight excluding hydrogens is 465 g/mol. The van der Waals surface area contributed by atoms with Crippen LogP contribution >= 0.6 is 0 Å². The smallest absolute Gasteiger partial charge is 0.225 e. The summed E-state index contributed by atoms with van der Waals surface area (Å²) in [4.78, 5) is 24.0. The third-order valence-corrected chi connectivity index (χ3v) is 7.85. The number of nitrogens with one attached hydrogen (secondary N) is 4. The molecule has 4 heterocycles. The van der Waals surface area contributed by atoms with Gasteiger partial charge in [0.25, 0.3) is 0 Å². The van der Waals surface area contributed by atoms with Gasteiger partial charge in [-0.3, -0.25) is 4.79 Å². The summed E-state index contributed by atoms with van der Waals surface area (Å²) in [6.07, 6.45) is 6.01. The van der Waals surface area contributed by atoms with E-state index in [4.69, 9.17) is 0 Å². The molecule has 0 bridgehead atoms. The van der Waals surface area contributed by atoms with Crippen molar-refractivity contribution in [2.75, 3.05) is 13.1 Å². The van der Waals surface area contributed by atoms with Crippen LogP contribution in [0.5, 0.6) is 0 Å². The second-order valence-electron chi connectivity index (χ2n) is 10.2. The van der Waals surface area contributed by atoms with Gasteiger partial charge in [0.1, 0.15) is 5.82 Å². The second kappa shape index (κ2) is 8.94. The summed E-state index contributed by atoms with van der Waals surface area (Å²) in [5.41, 5.74) is 4.64. The molecule has 2 aliphatic heterocycles. The third kappa shape index (κ3) is 3.95. The Kier molecular flexibility index (Phi) is 5.41. The van der Waals surface area contributed by atoms with Crippen molar-refractivity contribution in [2.45, 2.75) is 37.8 Å². The van der Waals surface area contributed by atoms with E-state index >= 15 is 0 Å². The zero-order valence-electron chi connectivity index (χ0n) is 20.4. The van der Waals surface area contributed by atoms with E-state index < -0.39 is 11.2 Å². The van der Waals surface area contributed by atoms with Crippen LogP contribution in [0.4, 0.5) is 4.39 Å². The lowest BCUT2D eigenvalue weighted by atomic mass is 9.98. The minimum Gasteiger partial charge on any atom is -0.354 e. The van der Waals surface area contributed by atoms with Crippen molar-refractivity contribution in [1.29, 1.82) is 0 Å². The quantitative estimate of drug-likeness (QED) is 0.258. The van der Waals surface area contributed by atoms with Gasteiger partial charge >= 0.3 is 0 Å². The molecule has 37 heavy (non-hydrogen) atoms. The number of aromatic nitrogens is 3. The van der Waals surface area contributed by atoms with Crippen LogP contribution in [0.2, 0.25) is 0 Å². The highest BCUT2D eigenvalue weighted by molar-refractivity contribution is 5.92. The Labute approximate surface area is 213 Å². The first-order valence-electron chi connectivity index (χ1n) is 13.1. The standard InChI is InChI=1S/C30H28FN5O/c31-27-28(23-3-1-11-32-23)35-25-15-20(9-10-22(25)29(27)37)18-5-6-19-14-21(8-7-17(19)13-18)26-16-34-30(36-26)24-4-2-12-33-24/h5-10,13-16,23-24,32-33H,1-4,11-12H2,(H,34,36)(H,35,37)/t23?,24-/m0/s1. The van der Waals surface area contributed by atoms with Crippen LogP contribution in [0, 0.1) is 5.82 Å². The molecule has 2 atom stereocenters. The fourth-order valence-corrected chi connectivity index (χ4v) is 5.81. The zero-order valence-corrected chi connectivity index (χ0v) is 20.4. The predicted octanol–water partition coefficient (Wildman–Crippen LogP) is 5.73. The molecule has 2 aromatic heterocycles. The Hall–Kier alpha value is -3.81. The molecular formula is C30H28FN5O. The normalized spacial score (nSPS) is 19.8. The number of rotatable bonds is 4. The van der Waals surface area contributed by atoms with Crippen molar-refractivity contribution >= 4 is 21.7 Å². The molecule has 0 spiro atoms. The third-order valence-electron chi connectivity index (χ3n) is 7.85. The average molecular weight is 494 g/mol. The summed E-state index contributed by atoms with van der Waals surface area (Å²) in [7, 11) is 0. The van der Waals surface area contributed by atoms with Gasteiger partial charge in [-0.2, -0.15) is 0 Å². The first-order chi connectivity index (χ1) is 18.1. The average Bonchev–Trinajstić information content (AvgIpc) is 3.72. The number of hydrogen-bond acceptors (Lipinski definition) is 4. The lowest BCUT2D eigenvalue weighted by Crippen LogP contribution is -2.21. The number of pyridine rings is 1. The summed E-state index contributed by atoms with van der Waals surface area (Å²) >= 11 is 0. The van der Waals surface area contributed by atoms with Gasteiger partial charge in [-0.15, -0.1) is 0 Å². The maximum absolute atomic E-state index is 14.8. The van der Waals surface area contributed by atoms with E-state index in [1.807, 2.05) is 18.3 Å². The van der Waals surface area contributed by atoms with Crippen LogP contribution in [0.25, 0.3) is 44.1 Å². The Morgan fingerprint density at radius 2 is 1.46 bits per heavy atom. The number of halogens is 1. The van der Waals surface area contributed by atoms with E-state index in [0.29, 0.717) is 22.6 Å². The van der Waals surface area contributed by atoms with E-state index in [2.05, 4.69) is 62.0 Å². The van der Waals surface area contributed by atoms with Gasteiger partial charge in [-0.05, 0) is 84.9 Å². The van der Waals surface area contributed by atoms with Crippen molar-refractivity contribution < 1.29 is 4.39 Å². The fraction of sp³-hybridized carbons (Fsp3) is 0.267. The molecule has 0 aliphatic carbocycles. The SMILES string of the molecule is O=c1c(F)c(C2CCCN2)[nH]c2cc(-c3ccc4cc(-c5cnc([C@@H]6CCCN6)[nH]5)ccc4c3)ccc12. The molecule has 186 valence electrons. The van der Waals surface area contributed by atoms with Gasteiger partial charge < -0.3 is 20.6 Å². The summed E-state index contributed by atoms with van der Waals surface area (Å²) in [5, 5.41) is 9.42. The number of hydrogen-bond donors (Lipinski definition) is 4. The zero-order chi connectivity index (χ0) is 24.9. The molecule has 4 N–H and O–H groups in total. The number of nitrogens with zero attached hydrogens (tertiary/aromatic N) is 1. The number of fused-ring (bicyclic) bond motifs is 2. The Bertz CT molecular complexity index is 1690. The number of H-pyrrole nitrogens is 2. The summed E-state index contributed by atoms with van der Waals surface area (Å²) in [6.45, 7) is 1.88. The van der Waals surface area contributed by atoms with E-state index in [1.54, 1.807) is 6.07 Å². The van der Waals surface area contributed by atoms with Crippen molar-refractivity contribution in [1.82, 2.24) is 25.6 Å². The van der Waals surface area contributed by atoms with Gasteiger partial charge in [-0.1, -0.05) is 30.3 Å². The molecule has 7 rings (SSSR count). The molecule has 7 heteroatoms. The van der Waals surface area contributed by atoms with Crippen LogP contribution in [-0.4, -0.2) is 28.0 Å². The predicted molar refractivity (Wildman–Crippen MR) is 145 cm³/mol. The number of benzene rings is 3. The highest BCUT2D eigenvalue weighted by atomic mass is 19.1. The molecule has 2 fully saturated rings. The van der Waals surface area contributed by atoms with Gasteiger partial charge in [0, 0.05) is 10.9 Å².